The van der Waals surface area contributed by atoms with Gasteiger partial charge in [0.1, 0.15) is 11.3 Å². The van der Waals surface area contributed by atoms with E-state index < -0.39 is 16.6 Å². The molecule has 0 fully saturated rings. The van der Waals surface area contributed by atoms with Crippen molar-refractivity contribution in [2.75, 3.05) is 0 Å². The lowest BCUT2D eigenvalue weighted by molar-refractivity contribution is -0.385. The van der Waals surface area contributed by atoms with Crippen LogP contribution >= 0.6 is 11.6 Å². The first kappa shape index (κ1) is 16.7. The van der Waals surface area contributed by atoms with Gasteiger partial charge in [-0.3, -0.25) is 10.1 Å². The highest BCUT2D eigenvalue weighted by Gasteiger charge is 2.23. The van der Waals surface area contributed by atoms with Crippen molar-refractivity contribution in [2.24, 2.45) is 0 Å². The third-order valence-electron chi connectivity index (χ3n) is 3.55. The minimum atomic E-state index is -0.813. The molecule has 0 N–H and O–H groups in total. The van der Waals surface area contributed by atoms with Crippen LogP contribution in [0.2, 0.25) is 5.02 Å². The van der Waals surface area contributed by atoms with Gasteiger partial charge >= 0.3 is 5.97 Å². The normalized spacial score (nSPS) is 10.3. The minimum Gasteiger partial charge on any atom is -0.422 e. The minimum absolute atomic E-state index is 0.155. The van der Waals surface area contributed by atoms with Gasteiger partial charge in [0.25, 0.3) is 5.69 Å². The Bertz CT molecular complexity index is 941. The third kappa shape index (κ3) is 3.67. The summed E-state index contributed by atoms with van der Waals surface area (Å²) in [7, 11) is 0. The lowest BCUT2D eigenvalue weighted by atomic mass is 10.0. The number of halogens is 1. The predicted molar refractivity (Wildman–Crippen MR) is 94.9 cm³/mol. The Labute approximate surface area is 148 Å². The first-order chi connectivity index (χ1) is 12.1. The smallest absolute Gasteiger partial charge is 0.350 e. The fourth-order valence-corrected chi connectivity index (χ4v) is 2.56. The number of nitro groups is 1. The number of carbonyl (C=O) groups is 1. The summed E-state index contributed by atoms with van der Waals surface area (Å²) in [6.07, 6.45) is 0. The zero-order valence-corrected chi connectivity index (χ0v) is 13.6. The Morgan fingerprint density at radius 1 is 0.960 bits per heavy atom. The van der Waals surface area contributed by atoms with E-state index in [1.54, 1.807) is 12.1 Å². The maximum absolute atomic E-state index is 12.5. The van der Waals surface area contributed by atoms with Gasteiger partial charge in [0.2, 0.25) is 0 Å². The van der Waals surface area contributed by atoms with Gasteiger partial charge in [0, 0.05) is 16.7 Å². The standard InChI is InChI=1S/C19H12ClNO4/c20-14-10-11-16(17(12-14)21(23)24)19(22)25-18-9-5-4-8-15(18)13-6-2-1-3-7-13/h1-12H. The van der Waals surface area contributed by atoms with E-state index in [1.807, 2.05) is 42.5 Å². The molecule has 0 unspecified atom stereocenters. The maximum Gasteiger partial charge on any atom is 0.350 e. The van der Waals surface area contributed by atoms with Gasteiger partial charge in [-0.2, -0.15) is 0 Å². The van der Waals surface area contributed by atoms with Crippen LogP contribution in [0.3, 0.4) is 0 Å². The number of carbonyl (C=O) groups excluding carboxylic acids is 1. The van der Waals surface area contributed by atoms with Crippen molar-refractivity contribution in [1.82, 2.24) is 0 Å². The second-order valence-electron chi connectivity index (χ2n) is 5.17. The molecule has 0 spiro atoms. The van der Waals surface area contributed by atoms with Crippen LogP contribution in [0, 0.1) is 10.1 Å². The van der Waals surface area contributed by atoms with Crippen LogP contribution in [0.15, 0.2) is 72.8 Å². The van der Waals surface area contributed by atoms with E-state index in [9.17, 15) is 14.9 Å². The van der Waals surface area contributed by atoms with Gasteiger partial charge in [-0.25, -0.2) is 4.79 Å². The van der Waals surface area contributed by atoms with Crippen molar-refractivity contribution >= 4 is 23.3 Å². The number of para-hydroxylation sites is 1. The molecule has 0 aliphatic rings. The van der Waals surface area contributed by atoms with E-state index in [2.05, 4.69) is 0 Å². The molecule has 0 aliphatic carbocycles. The molecular weight excluding hydrogens is 342 g/mol. The molecule has 0 bridgehead atoms. The second kappa shape index (κ2) is 7.15. The van der Waals surface area contributed by atoms with Crippen LogP contribution in [0.5, 0.6) is 5.75 Å². The molecule has 0 saturated heterocycles. The molecular formula is C19H12ClNO4. The molecule has 0 aromatic heterocycles. The highest BCUT2D eigenvalue weighted by atomic mass is 35.5. The monoisotopic (exact) mass is 353 g/mol. The summed E-state index contributed by atoms with van der Waals surface area (Å²) in [5, 5.41) is 11.3. The summed E-state index contributed by atoms with van der Waals surface area (Å²) in [5.41, 5.74) is 1.04. The second-order valence-corrected chi connectivity index (χ2v) is 5.61. The molecule has 0 radical (unpaired) electrons. The van der Waals surface area contributed by atoms with E-state index in [-0.39, 0.29) is 10.6 Å². The Morgan fingerprint density at radius 3 is 2.36 bits per heavy atom. The molecule has 3 aromatic carbocycles. The van der Waals surface area contributed by atoms with Crippen molar-refractivity contribution in [3.05, 3.63) is 93.5 Å². The number of ether oxygens (including phenoxy) is 1. The summed E-state index contributed by atoms with van der Waals surface area (Å²) < 4.78 is 5.43. The average molecular weight is 354 g/mol. The summed E-state index contributed by atoms with van der Waals surface area (Å²) in [6, 6.07) is 20.2. The molecule has 3 aromatic rings. The molecule has 0 saturated carbocycles. The summed E-state index contributed by atoms with van der Waals surface area (Å²) in [4.78, 5) is 23.0. The summed E-state index contributed by atoms with van der Waals surface area (Å²) in [6.45, 7) is 0. The van der Waals surface area contributed by atoms with E-state index in [0.29, 0.717) is 11.3 Å². The fraction of sp³-hybridized carbons (Fsp3) is 0. The van der Waals surface area contributed by atoms with Crippen LogP contribution in [0.25, 0.3) is 11.1 Å². The quantitative estimate of drug-likeness (QED) is 0.282. The van der Waals surface area contributed by atoms with E-state index >= 15 is 0 Å². The van der Waals surface area contributed by atoms with Crippen molar-refractivity contribution in [1.29, 1.82) is 0 Å². The van der Waals surface area contributed by atoms with Gasteiger partial charge in [-0.05, 0) is 23.8 Å². The van der Waals surface area contributed by atoms with Gasteiger partial charge in [0.05, 0.1) is 4.92 Å². The summed E-state index contributed by atoms with van der Waals surface area (Å²) >= 11 is 5.77. The van der Waals surface area contributed by atoms with Crippen LogP contribution in [-0.2, 0) is 0 Å². The zero-order chi connectivity index (χ0) is 17.8. The Kier molecular flexibility index (Phi) is 4.77. The molecule has 0 amide bonds. The Morgan fingerprint density at radius 2 is 1.64 bits per heavy atom. The highest BCUT2D eigenvalue weighted by molar-refractivity contribution is 6.31. The van der Waals surface area contributed by atoms with Crippen LogP contribution < -0.4 is 4.74 Å². The van der Waals surface area contributed by atoms with E-state index in [0.717, 1.165) is 11.6 Å². The molecule has 3 rings (SSSR count). The molecule has 124 valence electrons. The van der Waals surface area contributed by atoms with Crippen molar-refractivity contribution in [2.45, 2.75) is 0 Å². The number of hydrogen-bond acceptors (Lipinski definition) is 4. The number of rotatable bonds is 4. The number of esters is 1. The topological polar surface area (TPSA) is 69.4 Å². The molecule has 25 heavy (non-hydrogen) atoms. The third-order valence-corrected chi connectivity index (χ3v) is 3.79. The summed E-state index contributed by atoms with van der Waals surface area (Å²) in [5.74, 6) is -0.491. The van der Waals surface area contributed by atoms with E-state index in [4.69, 9.17) is 16.3 Å². The van der Waals surface area contributed by atoms with Gasteiger partial charge in [-0.15, -0.1) is 0 Å². The molecule has 5 nitrogen and oxygen atoms in total. The van der Waals surface area contributed by atoms with Gasteiger partial charge in [-0.1, -0.05) is 60.1 Å². The number of nitro benzene ring substituents is 1. The molecule has 0 atom stereocenters. The Hall–Kier alpha value is -3.18. The van der Waals surface area contributed by atoms with Gasteiger partial charge in [0.15, 0.2) is 0 Å². The number of nitrogens with zero attached hydrogens (tertiary/aromatic N) is 1. The van der Waals surface area contributed by atoms with Crippen molar-refractivity contribution < 1.29 is 14.5 Å². The molecule has 6 heteroatoms. The first-order valence-electron chi connectivity index (χ1n) is 7.37. The fourth-order valence-electron chi connectivity index (χ4n) is 2.40. The van der Waals surface area contributed by atoms with E-state index in [1.165, 1.54) is 12.1 Å². The van der Waals surface area contributed by atoms with Crippen LogP contribution in [0.4, 0.5) is 5.69 Å². The first-order valence-corrected chi connectivity index (χ1v) is 7.74. The lowest BCUT2D eigenvalue weighted by Gasteiger charge is -2.10. The lowest BCUT2D eigenvalue weighted by Crippen LogP contribution is -2.11. The maximum atomic E-state index is 12.5. The SMILES string of the molecule is O=C(Oc1ccccc1-c1ccccc1)c1ccc(Cl)cc1[N+](=O)[O-]. The number of hydrogen-bond donors (Lipinski definition) is 0. The van der Waals surface area contributed by atoms with Crippen molar-refractivity contribution in [3.8, 4) is 16.9 Å². The van der Waals surface area contributed by atoms with Gasteiger partial charge < -0.3 is 4.74 Å². The zero-order valence-electron chi connectivity index (χ0n) is 12.9. The largest absolute Gasteiger partial charge is 0.422 e. The van der Waals surface area contributed by atoms with Crippen LogP contribution in [-0.4, -0.2) is 10.9 Å². The highest BCUT2D eigenvalue weighted by Crippen LogP contribution is 2.31. The molecule has 0 aliphatic heterocycles. The Balaban J connectivity index is 1.97. The average Bonchev–Trinajstić information content (AvgIpc) is 2.62. The predicted octanol–water partition coefficient (Wildman–Crippen LogP) is 5.13. The van der Waals surface area contributed by atoms with Crippen LogP contribution in [0.1, 0.15) is 10.4 Å². The molecule has 0 heterocycles. The number of benzene rings is 3. The van der Waals surface area contributed by atoms with Crippen molar-refractivity contribution in [3.63, 3.8) is 0 Å².